The number of aryl methyl sites for hydroxylation is 2. The van der Waals surface area contributed by atoms with Gasteiger partial charge in [0.2, 0.25) is 11.8 Å². The van der Waals surface area contributed by atoms with Gasteiger partial charge >= 0.3 is 0 Å². The van der Waals surface area contributed by atoms with Crippen molar-refractivity contribution in [2.45, 2.75) is 53.1 Å². The van der Waals surface area contributed by atoms with Crippen molar-refractivity contribution in [3.8, 4) is 11.6 Å². The van der Waals surface area contributed by atoms with Crippen molar-refractivity contribution in [1.82, 2.24) is 14.9 Å². The maximum atomic E-state index is 14.4. The van der Waals surface area contributed by atoms with Crippen molar-refractivity contribution in [1.29, 1.82) is 0 Å². The molecule has 1 aromatic heterocycles. The van der Waals surface area contributed by atoms with Crippen molar-refractivity contribution in [2.75, 3.05) is 24.5 Å². The van der Waals surface area contributed by atoms with Crippen LogP contribution in [0.1, 0.15) is 47.7 Å². The first-order valence-corrected chi connectivity index (χ1v) is 12.4. The Balaban J connectivity index is 1.46. The highest BCUT2D eigenvalue weighted by Crippen LogP contribution is 2.33. The van der Waals surface area contributed by atoms with Crippen LogP contribution in [0.5, 0.6) is 11.6 Å². The van der Waals surface area contributed by atoms with Gasteiger partial charge in [0.15, 0.2) is 0 Å². The lowest BCUT2D eigenvalue weighted by Crippen LogP contribution is -2.36. The molecule has 3 aromatic rings. The minimum absolute atomic E-state index is 0.189. The summed E-state index contributed by atoms with van der Waals surface area (Å²) in [6.45, 7) is 9.67. The molecule has 1 fully saturated rings. The monoisotopic (exact) mass is 478 g/mol. The molecule has 0 aliphatic carbocycles. The fourth-order valence-electron chi connectivity index (χ4n) is 4.85. The number of halogens is 2. The first-order valence-electron chi connectivity index (χ1n) is 12.4. The standard InChI is InChI=1S/C28H32F2N4O/c1-18-8-12-34(13-9-18)28-31-26-10-11-33(16-21-14-19(2)4-6-25(21)30)17-23(26)27(32-28)35-22-5-7-24(29)20(3)15-22/h4-7,14-15,18H,8-13,16-17H2,1-3H3. The molecule has 2 aliphatic heterocycles. The van der Waals surface area contributed by atoms with E-state index in [4.69, 9.17) is 14.7 Å². The SMILES string of the molecule is Cc1ccc(F)c(CN2CCc3nc(N4CCC(C)CC4)nc(Oc4ccc(F)c(C)c4)c3C2)c1. The van der Waals surface area contributed by atoms with Crippen LogP contribution in [0, 0.1) is 31.4 Å². The van der Waals surface area contributed by atoms with Crippen molar-refractivity contribution < 1.29 is 13.5 Å². The van der Waals surface area contributed by atoms with Crippen molar-refractivity contribution >= 4 is 5.95 Å². The fraction of sp³-hybridized carbons (Fsp3) is 0.429. The van der Waals surface area contributed by atoms with Gasteiger partial charge in [0.05, 0.1) is 11.3 Å². The van der Waals surface area contributed by atoms with Gasteiger partial charge in [0.25, 0.3) is 0 Å². The molecule has 5 rings (SSSR count). The van der Waals surface area contributed by atoms with Gasteiger partial charge in [-0.2, -0.15) is 4.98 Å². The number of fused-ring (bicyclic) bond motifs is 1. The third kappa shape index (κ3) is 5.30. The smallest absolute Gasteiger partial charge is 0.228 e. The summed E-state index contributed by atoms with van der Waals surface area (Å²) >= 11 is 0. The van der Waals surface area contributed by atoms with Crippen LogP contribution in [-0.2, 0) is 19.5 Å². The molecule has 3 heterocycles. The molecule has 0 spiro atoms. The topological polar surface area (TPSA) is 41.5 Å². The van der Waals surface area contributed by atoms with Gasteiger partial charge in [-0.05, 0) is 62.4 Å². The van der Waals surface area contributed by atoms with Gasteiger partial charge in [-0.15, -0.1) is 0 Å². The number of hydrogen-bond acceptors (Lipinski definition) is 5. The third-order valence-corrected chi connectivity index (χ3v) is 7.10. The number of hydrogen-bond donors (Lipinski definition) is 0. The second-order valence-electron chi connectivity index (χ2n) is 9.99. The van der Waals surface area contributed by atoms with Crippen LogP contribution >= 0.6 is 0 Å². The van der Waals surface area contributed by atoms with Gasteiger partial charge < -0.3 is 9.64 Å². The Labute approximate surface area is 205 Å². The molecule has 7 heteroatoms. The minimum atomic E-state index is -0.267. The van der Waals surface area contributed by atoms with Gasteiger partial charge in [0.1, 0.15) is 17.4 Å². The summed E-state index contributed by atoms with van der Waals surface area (Å²) in [4.78, 5) is 14.2. The van der Waals surface area contributed by atoms with Gasteiger partial charge in [0, 0.05) is 44.7 Å². The molecule has 0 amide bonds. The highest BCUT2D eigenvalue weighted by Gasteiger charge is 2.27. The Kier molecular flexibility index (Phi) is 6.69. The van der Waals surface area contributed by atoms with Crippen LogP contribution in [0.3, 0.4) is 0 Å². The zero-order valence-corrected chi connectivity index (χ0v) is 20.7. The largest absolute Gasteiger partial charge is 0.438 e. The number of aromatic nitrogens is 2. The zero-order valence-electron chi connectivity index (χ0n) is 20.7. The van der Waals surface area contributed by atoms with Crippen LogP contribution in [0.25, 0.3) is 0 Å². The Morgan fingerprint density at radius 3 is 2.51 bits per heavy atom. The summed E-state index contributed by atoms with van der Waals surface area (Å²) in [5.74, 6) is 2.00. The van der Waals surface area contributed by atoms with Crippen LogP contribution in [0.2, 0.25) is 0 Å². The van der Waals surface area contributed by atoms with E-state index in [0.717, 1.165) is 55.7 Å². The van der Waals surface area contributed by atoms with Gasteiger partial charge in [-0.3, -0.25) is 4.90 Å². The normalized spacial score (nSPS) is 16.9. The van der Waals surface area contributed by atoms with E-state index in [0.29, 0.717) is 47.7 Å². The maximum absolute atomic E-state index is 14.4. The number of piperidine rings is 1. The van der Waals surface area contributed by atoms with E-state index in [9.17, 15) is 8.78 Å². The molecular formula is C28H32F2N4O. The minimum Gasteiger partial charge on any atom is -0.438 e. The van der Waals surface area contributed by atoms with Crippen molar-refractivity contribution in [3.05, 3.63) is 76.0 Å². The average Bonchev–Trinajstić information content (AvgIpc) is 2.84. The van der Waals surface area contributed by atoms with Gasteiger partial charge in [-0.25, -0.2) is 13.8 Å². The first kappa shape index (κ1) is 23.7. The fourth-order valence-corrected chi connectivity index (χ4v) is 4.85. The molecule has 0 unspecified atom stereocenters. The second kappa shape index (κ2) is 9.90. The van der Waals surface area contributed by atoms with Crippen LogP contribution in [-0.4, -0.2) is 34.5 Å². The van der Waals surface area contributed by atoms with Crippen molar-refractivity contribution in [2.24, 2.45) is 5.92 Å². The number of anilines is 1. The van der Waals surface area contributed by atoms with Gasteiger partial charge in [-0.1, -0.05) is 24.6 Å². The summed E-state index contributed by atoms with van der Waals surface area (Å²) in [7, 11) is 0. The quantitative estimate of drug-likeness (QED) is 0.453. The zero-order chi connectivity index (χ0) is 24.5. The summed E-state index contributed by atoms with van der Waals surface area (Å²) in [5, 5.41) is 0. The molecule has 2 aromatic carbocycles. The third-order valence-electron chi connectivity index (χ3n) is 7.10. The molecule has 35 heavy (non-hydrogen) atoms. The molecule has 1 saturated heterocycles. The van der Waals surface area contributed by atoms with E-state index in [2.05, 4.69) is 16.7 Å². The molecular weight excluding hydrogens is 446 g/mol. The molecule has 0 radical (unpaired) electrons. The molecule has 2 aliphatic rings. The second-order valence-corrected chi connectivity index (χ2v) is 9.99. The molecule has 0 N–H and O–H groups in total. The predicted octanol–water partition coefficient (Wildman–Crippen LogP) is 5.96. The predicted molar refractivity (Wildman–Crippen MR) is 133 cm³/mol. The molecule has 0 saturated carbocycles. The first-order chi connectivity index (χ1) is 16.9. The lowest BCUT2D eigenvalue weighted by molar-refractivity contribution is 0.235. The molecule has 5 nitrogen and oxygen atoms in total. The maximum Gasteiger partial charge on any atom is 0.228 e. The van der Waals surface area contributed by atoms with E-state index >= 15 is 0 Å². The highest BCUT2D eigenvalue weighted by molar-refractivity contribution is 5.44. The Hall–Kier alpha value is -3.06. The molecule has 184 valence electrons. The summed E-state index contributed by atoms with van der Waals surface area (Å²) in [6.07, 6.45) is 2.97. The number of ether oxygens (including phenoxy) is 1. The number of rotatable bonds is 5. The number of nitrogens with zero attached hydrogens (tertiary/aromatic N) is 4. The number of benzene rings is 2. The van der Waals surface area contributed by atoms with E-state index in [1.165, 1.54) is 12.1 Å². The summed E-state index contributed by atoms with van der Waals surface area (Å²) in [5.41, 5.74) is 4.14. The lowest BCUT2D eigenvalue weighted by Gasteiger charge is -2.33. The molecule has 0 bridgehead atoms. The highest BCUT2D eigenvalue weighted by atomic mass is 19.1. The lowest BCUT2D eigenvalue weighted by atomic mass is 9.99. The average molecular weight is 479 g/mol. The van der Waals surface area contributed by atoms with E-state index in [1.807, 2.05) is 13.0 Å². The van der Waals surface area contributed by atoms with E-state index < -0.39 is 0 Å². The van der Waals surface area contributed by atoms with Crippen LogP contribution in [0.4, 0.5) is 14.7 Å². The van der Waals surface area contributed by atoms with E-state index in [-0.39, 0.29) is 11.6 Å². The molecule has 0 atom stereocenters. The Bertz CT molecular complexity index is 1220. The van der Waals surface area contributed by atoms with Crippen LogP contribution in [0.15, 0.2) is 36.4 Å². The Morgan fingerprint density at radius 2 is 1.74 bits per heavy atom. The summed E-state index contributed by atoms with van der Waals surface area (Å²) in [6, 6.07) is 9.95. The van der Waals surface area contributed by atoms with Crippen molar-refractivity contribution in [3.63, 3.8) is 0 Å². The van der Waals surface area contributed by atoms with E-state index in [1.54, 1.807) is 25.1 Å². The Morgan fingerprint density at radius 1 is 0.971 bits per heavy atom. The summed E-state index contributed by atoms with van der Waals surface area (Å²) < 4.78 is 34.5. The van der Waals surface area contributed by atoms with Crippen LogP contribution < -0.4 is 9.64 Å².